The van der Waals surface area contributed by atoms with Gasteiger partial charge in [-0.25, -0.2) is 0 Å². The Balaban J connectivity index is 1.96. The monoisotopic (exact) mass is 309 g/mol. The van der Waals surface area contributed by atoms with Gasteiger partial charge in [0.1, 0.15) is 17.1 Å². The molecule has 0 radical (unpaired) electrons. The van der Waals surface area contributed by atoms with Crippen molar-refractivity contribution in [3.8, 4) is 0 Å². The molecule has 2 rings (SSSR count). The van der Waals surface area contributed by atoms with Gasteiger partial charge < -0.3 is 19.6 Å². The standard InChI is InChI=1S/C17H27NO4/c1-10-6-14(7-11(2)21-10)16(19)18-9-17(5,20)15-8-12(3)22-13(15)4/h8,10-11,14,20H,6-7,9H2,1-5H3,(H,18,19). The lowest BCUT2D eigenvalue weighted by Crippen LogP contribution is -2.44. The Morgan fingerprint density at radius 3 is 2.45 bits per heavy atom. The molecule has 3 atom stereocenters. The van der Waals surface area contributed by atoms with Gasteiger partial charge >= 0.3 is 0 Å². The molecule has 5 heteroatoms. The lowest BCUT2D eigenvalue weighted by Gasteiger charge is -2.32. The number of carbonyl (C=O) groups is 1. The Labute approximate surface area is 132 Å². The predicted octanol–water partition coefficient (Wildman–Crippen LogP) is 2.42. The van der Waals surface area contributed by atoms with Crippen LogP contribution < -0.4 is 5.32 Å². The number of hydrogen-bond donors (Lipinski definition) is 2. The minimum Gasteiger partial charge on any atom is -0.466 e. The van der Waals surface area contributed by atoms with Gasteiger partial charge in [0.05, 0.1) is 18.8 Å². The first-order valence-corrected chi connectivity index (χ1v) is 7.92. The molecule has 0 bridgehead atoms. The fourth-order valence-corrected chi connectivity index (χ4v) is 3.28. The third-order valence-electron chi connectivity index (χ3n) is 4.30. The number of nitrogens with one attached hydrogen (secondary N) is 1. The maximum absolute atomic E-state index is 12.4. The molecular formula is C17H27NO4. The molecule has 1 aromatic heterocycles. The number of hydrogen-bond acceptors (Lipinski definition) is 4. The molecule has 22 heavy (non-hydrogen) atoms. The van der Waals surface area contributed by atoms with Crippen LogP contribution >= 0.6 is 0 Å². The van der Waals surface area contributed by atoms with Gasteiger partial charge in [-0.15, -0.1) is 0 Å². The highest BCUT2D eigenvalue weighted by molar-refractivity contribution is 5.78. The number of carbonyl (C=O) groups excluding carboxylic acids is 1. The van der Waals surface area contributed by atoms with Crippen LogP contribution in [0.2, 0.25) is 0 Å². The molecule has 1 aliphatic rings. The lowest BCUT2D eigenvalue weighted by atomic mass is 9.91. The van der Waals surface area contributed by atoms with Crippen molar-refractivity contribution in [3.05, 3.63) is 23.2 Å². The van der Waals surface area contributed by atoms with Crippen LogP contribution in [0, 0.1) is 19.8 Å². The second kappa shape index (κ2) is 6.42. The molecule has 1 aliphatic heterocycles. The van der Waals surface area contributed by atoms with Gasteiger partial charge in [0.2, 0.25) is 5.91 Å². The van der Waals surface area contributed by atoms with E-state index in [1.807, 2.05) is 33.8 Å². The minimum absolute atomic E-state index is 0.0138. The van der Waals surface area contributed by atoms with Gasteiger partial charge in [0.25, 0.3) is 0 Å². The first-order valence-electron chi connectivity index (χ1n) is 7.92. The Bertz CT molecular complexity index is 525. The van der Waals surface area contributed by atoms with Gasteiger partial charge in [-0.3, -0.25) is 4.79 Å². The molecule has 3 unspecified atom stereocenters. The molecule has 124 valence electrons. The maximum Gasteiger partial charge on any atom is 0.223 e. The quantitative estimate of drug-likeness (QED) is 0.896. The van der Waals surface area contributed by atoms with Gasteiger partial charge in [0.15, 0.2) is 0 Å². The van der Waals surface area contributed by atoms with E-state index in [0.29, 0.717) is 5.76 Å². The summed E-state index contributed by atoms with van der Waals surface area (Å²) < 4.78 is 11.1. The number of aryl methyl sites for hydroxylation is 2. The minimum atomic E-state index is -1.14. The number of ether oxygens (including phenoxy) is 1. The fourth-order valence-electron chi connectivity index (χ4n) is 3.28. The summed E-state index contributed by atoms with van der Waals surface area (Å²) in [5.41, 5.74) is -0.418. The smallest absolute Gasteiger partial charge is 0.223 e. The van der Waals surface area contributed by atoms with Gasteiger partial charge in [-0.2, -0.15) is 0 Å². The predicted molar refractivity (Wildman–Crippen MR) is 83.5 cm³/mol. The van der Waals surface area contributed by atoms with Crippen LogP contribution in [0.4, 0.5) is 0 Å². The Hall–Kier alpha value is -1.33. The van der Waals surface area contributed by atoms with Gasteiger partial charge in [-0.1, -0.05) is 0 Å². The van der Waals surface area contributed by atoms with E-state index in [1.54, 1.807) is 6.92 Å². The molecule has 1 saturated heterocycles. The van der Waals surface area contributed by atoms with Crippen LogP contribution in [-0.2, 0) is 15.1 Å². The molecule has 0 aromatic carbocycles. The van der Waals surface area contributed by atoms with Crippen molar-refractivity contribution in [3.63, 3.8) is 0 Å². The number of furan rings is 1. The molecule has 0 saturated carbocycles. The van der Waals surface area contributed by atoms with Crippen molar-refractivity contribution in [2.24, 2.45) is 5.92 Å². The van der Waals surface area contributed by atoms with Crippen LogP contribution in [-0.4, -0.2) is 29.8 Å². The molecule has 0 spiro atoms. The fraction of sp³-hybridized carbons (Fsp3) is 0.706. The van der Waals surface area contributed by atoms with Crippen LogP contribution in [0.3, 0.4) is 0 Å². The Morgan fingerprint density at radius 2 is 1.95 bits per heavy atom. The first-order chi connectivity index (χ1) is 10.2. The molecule has 0 aliphatic carbocycles. The van der Waals surface area contributed by atoms with Crippen molar-refractivity contribution >= 4 is 5.91 Å². The van der Waals surface area contributed by atoms with E-state index in [4.69, 9.17) is 9.15 Å². The molecule has 2 N–H and O–H groups in total. The highest BCUT2D eigenvalue weighted by atomic mass is 16.5. The average Bonchev–Trinajstić information content (AvgIpc) is 2.75. The normalized spacial score (nSPS) is 28.2. The third kappa shape index (κ3) is 3.90. The summed E-state index contributed by atoms with van der Waals surface area (Å²) in [6.45, 7) is 9.51. The van der Waals surface area contributed by atoms with E-state index in [1.165, 1.54) is 0 Å². The number of rotatable bonds is 4. The van der Waals surface area contributed by atoms with E-state index in [-0.39, 0.29) is 30.6 Å². The molecule has 2 heterocycles. The van der Waals surface area contributed by atoms with Crippen molar-refractivity contribution < 1.29 is 19.1 Å². The van der Waals surface area contributed by atoms with E-state index in [0.717, 1.165) is 24.2 Å². The molecule has 1 fully saturated rings. The zero-order valence-electron chi connectivity index (χ0n) is 14.1. The van der Waals surface area contributed by atoms with Gasteiger partial charge in [-0.05, 0) is 53.5 Å². The summed E-state index contributed by atoms with van der Waals surface area (Å²) in [4.78, 5) is 12.4. The number of aliphatic hydroxyl groups is 1. The Kier molecular flexibility index (Phi) is 4.97. The highest BCUT2D eigenvalue weighted by Crippen LogP contribution is 2.28. The van der Waals surface area contributed by atoms with Crippen LogP contribution in [0.5, 0.6) is 0 Å². The zero-order chi connectivity index (χ0) is 16.5. The van der Waals surface area contributed by atoms with Crippen LogP contribution in [0.15, 0.2) is 10.5 Å². The summed E-state index contributed by atoms with van der Waals surface area (Å²) in [5, 5.41) is 13.5. The molecule has 1 aromatic rings. The molecule has 5 nitrogen and oxygen atoms in total. The zero-order valence-corrected chi connectivity index (χ0v) is 14.1. The molecular weight excluding hydrogens is 282 g/mol. The summed E-state index contributed by atoms with van der Waals surface area (Å²) in [7, 11) is 0. The summed E-state index contributed by atoms with van der Waals surface area (Å²) in [6, 6.07) is 1.82. The summed E-state index contributed by atoms with van der Waals surface area (Å²) in [5.74, 6) is 1.37. The first kappa shape index (κ1) is 17.0. The van der Waals surface area contributed by atoms with E-state index >= 15 is 0 Å². The third-order valence-corrected chi connectivity index (χ3v) is 4.30. The second-order valence-electron chi connectivity index (χ2n) is 6.74. The molecule has 1 amide bonds. The number of amides is 1. The summed E-state index contributed by atoms with van der Waals surface area (Å²) >= 11 is 0. The summed E-state index contributed by atoms with van der Waals surface area (Å²) in [6.07, 6.45) is 1.64. The average molecular weight is 309 g/mol. The highest BCUT2D eigenvalue weighted by Gasteiger charge is 2.32. The van der Waals surface area contributed by atoms with E-state index in [2.05, 4.69) is 5.32 Å². The topological polar surface area (TPSA) is 71.7 Å². The van der Waals surface area contributed by atoms with Crippen LogP contribution in [0.1, 0.15) is 50.7 Å². The SMILES string of the molecule is Cc1cc(C(C)(O)CNC(=O)C2CC(C)OC(C)C2)c(C)o1. The second-order valence-corrected chi connectivity index (χ2v) is 6.74. The lowest BCUT2D eigenvalue weighted by molar-refractivity contribution is -0.134. The largest absolute Gasteiger partial charge is 0.466 e. The maximum atomic E-state index is 12.4. The van der Waals surface area contributed by atoms with Crippen molar-refractivity contribution in [2.45, 2.75) is 65.3 Å². The Morgan fingerprint density at radius 1 is 1.36 bits per heavy atom. The van der Waals surface area contributed by atoms with Crippen molar-refractivity contribution in [2.75, 3.05) is 6.54 Å². The van der Waals surface area contributed by atoms with Crippen molar-refractivity contribution in [1.29, 1.82) is 0 Å². The van der Waals surface area contributed by atoms with Crippen molar-refractivity contribution in [1.82, 2.24) is 5.32 Å². The van der Waals surface area contributed by atoms with Gasteiger partial charge in [0, 0.05) is 11.5 Å². The van der Waals surface area contributed by atoms with E-state index in [9.17, 15) is 9.90 Å². The van der Waals surface area contributed by atoms with E-state index < -0.39 is 5.60 Å². The van der Waals surface area contributed by atoms with Crippen LogP contribution in [0.25, 0.3) is 0 Å².